The Balaban J connectivity index is 1.55. The molecule has 3 rings (SSSR count). The standard InChI is InChI=1S/C25H36N4O2/c1-20(2)19-31-24-11-7-6-9-22(24)17-28-25(26-3)27-16-21-8-4-5-10-23(21)18-29-12-14-30-15-13-29/h4-11,20H,12-19H2,1-3H3,(H2,26,27,28). The Morgan fingerprint density at radius 2 is 1.58 bits per heavy atom. The number of para-hydroxylation sites is 1. The fraction of sp³-hybridized carbons (Fsp3) is 0.480. The molecule has 6 nitrogen and oxygen atoms in total. The summed E-state index contributed by atoms with van der Waals surface area (Å²) in [5.74, 6) is 2.20. The molecule has 31 heavy (non-hydrogen) atoms. The number of guanidine groups is 1. The predicted octanol–water partition coefficient (Wildman–Crippen LogP) is 3.42. The first-order valence-corrected chi connectivity index (χ1v) is 11.2. The van der Waals surface area contributed by atoms with Crippen molar-refractivity contribution in [3.63, 3.8) is 0 Å². The molecular weight excluding hydrogens is 388 g/mol. The Morgan fingerprint density at radius 1 is 0.968 bits per heavy atom. The van der Waals surface area contributed by atoms with E-state index in [1.54, 1.807) is 7.05 Å². The van der Waals surface area contributed by atoms with Crippen molar-refractivity contribution in [1.29, 1.82) is 0 Å². The molecule has 0 aromatic heterocycles. The average molecular weight is 425 g/mol. The maximum atomic E-state index is 5.97. The van der Waals surface area contributed by atoms with Gasteiger partial charge >= 0.3 is 0 Å². The quantitative estimate of drug-likeness (QED) is 0.477. The first-order valence-electron chi connectivity index (χ1n) is 11.2. The van der Waals surface area contributed by atoms with Gasteiger partial charge in [-0.2, -0.15) is 0 Å². The molecule has 1 saturated heterocycles. The molecule has 0 atom stereocenters. The van der Waals surface area contributed by atoms with Crippen molar-refractivity contribution < 1.29 is 9.47 Å². The van der Waals surface area contributed by atoms with E-state index in [4.69, 9.17) is 9.47 Å². The SMILES string of the molecule is CN=C(NCc1ccccc1CN1CCOCC1)NCc1ccccc1OCC(C)C. The zero-order valence-corrected chi connectivity index (χ0v) is 19.1. The lowest BCUT2D eigenvalue weighted by atomic mass is 10.1. The van der Waals surface area contributed by atoms with E-state index in [-0.39, 0.29) is 0 Å². The van der Waals surface area contributed by atoms with E-state index in [2.05, 4.69) is 64.7 Å². The molecular formula is C25H36N4O2. The van der Waals surface area contributed by atoms with Crippen LogP contribution in [0.15, 0.2) is 53.5 Å². The summed E-state index contributed by atoms with van der Waals surface area (Å²) in [6.45, 7) is 11.0. The lowest BCUT2D eigenvalue weighted by Crippen LogP contribution is -2.37. The zero-order valence-electron chi connectivity index (χ0n) is 19.1. The molecule has 0 aliphatic carbocycles. The molecule has 0 amide bonds. The predicted molar refractivity (Wildman–Crippen MR) is 126 cm³/mol. The van der Waals surface area contributed by atoms with Crippen LogP contribution in [0.4, 0.5) is 0 Å². The largest absolute Gasteiger partial charge is 0.493 e. The third-order valence-corrected chi connectivity index (χ3v) is 5.28. The number of nitrogens with one attached hydrogen (secondary N) is 2. The molecule has 1 heterocycles. The van der Waals surface area contributed by atoms with Gasteiger partial charge in [0.05, 0.1) is 19.8 Å². The number of rotatable bonds is 9. The average Bonchev–Trinajstić information content (AvgIpc) is 2.80. The van der Waals surface area contributed by atoms with Crippen LogP contribution in [0.5, 0.6) is 5.75 Å². The summed E-state index contributed by atoms with van der Waals surface area (Å²) >= 11 is 0. The van der Waals surface area contributed by atoms with Gasteiger partial charge in [-0.25, -0.2) is 0 Å². The van der Waals surface area contributed by atoms with Gasteiger partial charge in [0, 0.05) is 45.3 Å². The van der Waals surface area contributed by atoms with Gasteiger partial charge in [0.25, 0.3) is 0 Å². The lowest BCUT2D eigenvalue weighted by molar-refractivity contribution is 0.0341. The van der Waals surface area contributed by atoms with Crippen LogP contribution in [0, 0.1) is 5.92 Å². The van der Waals surface area contributed by atoms with Crippen LogP contribution in [0.2, 0.25) is 0 Å². The Hall–Kier alpha value is -2.57. The third kappa shape index (κ3) is 7.56. The molecule has 0 saturated carbocycles. The smallest absolute Gasteiger partial charge is 0.191 e. The summed E-state index contributed by atoms with van der Waals surface area (Å²) in [5, 5.41) is 6.87. The van der Waals surface area contributed by atoms with Crippen molar-refractivity contribution in [3.05, 3.63) is 65.2 Å². The highest BCUT2D eigenvalue weighted by atomic mass is 16.5. The highest BCUT2D eigenvalue weighted by molar-refractivity contribution is 5.79. The van der Waals surface area contributed by atoms with E-state index in [1.807, 2.05) is 18.2 Å². The van der Waals surface area contributed by atoms with Crippen molar-refractivity contribution >= 4 is 5.96 Å². The first-order chi connectivity index (χ1) is 15.2. The highest BCUT2D eigenvalue weighted by Gasteiger charge is 2.13. The molecule has 2 aromatic rings. The number of ether oxygens (including phenoxy) is 2. The second-order valence-electron chi connectivity index (χ2n) is 8.25. The maximum Gasteiger partial charge on any atom is 0.191 e. The van der Waals surface area contributed by atoms with Gasteiger partial charge in [0.1, 0.15) is 5.75 Å². The molecule has 2 aromatic carbocycles. The number of nitrogens with zero attached hydrogens (tertiary/aromatic N) is 2. The van der Waals surface area contributed by atoms with Gasteiger partial charge < -0.3 is 20.1 Å². The van der Waals surface area contributed by atoms with Crippen molar-refractivity contribution in [1.82, 2.24) is 15.5 Å². The Bertz CT molecular complexity index is 832. The van der Waals surface area contributed by atoms with Gasteiger partial charge in [0.2, 0.25) is 0 Å². The summed E-state index contributed by atoms with van der Waals surface area (Å²) in [6.07, 6.45) is 0. The lowest BCUT2D eigenvalue weighted by Gasteiger charge is -2.27. The summed E-state index contributed by atoms with van der Waals surface area (Å²) in [4.78, 5) is 6.84. The number of morpholine rings is 1. The second-order valence-corrected chi connectivity index (χ2v) is 8.25. The third-order valence-electron chi connectivity index (χ3n) is 5.28. The van der Waals surface area contributed by atoms with Crippen molar-refractivity contribution in [2.24, 2.45) is 10.9 Å². The van der Waals surface area contributed by atoms with Gasteiger partial charge in [-0.3, -0.25) is 9.89 Å². The molecule has 168 valence electrons. The van der Waals surface area contributed by atoms with Crippen molar-refractivity contribution in [2.45, 2.75) is 33.5 Å². The van der Waals surface area contributed by atoms with E-state index < -0.39 is 0 Å². The van der Waals surface area contributed by atoms with E-state index in [9.17, 15) is 0 Å². The van der Waals surface area contributed by atoms with Gasteiger partial charge in [0.15, 0.2) is 5.96 Å². The van der Waals surface area contributed by atoms with Crippen molar-refractivity contribution in [2.75, 3.05) is 40.0 Å². The minimum absolute atomic E-state index is 0.493. The van der Waals surface area contributed by atoms with Crippen molar-refractivity contribution in [3.8, 4) is 5.75 Å². The summed E-state index contributed by atoms with van der Waals surface area (Å²) < 4.78 is 11.4. The zero-order chi connectivity index (χ0) is 21.9. The fourth-order valence-electron chi connectivity index (χ4n) is 3.51. The van der Waals surface area contributed by atoms with E-state index in [0.29, 0.717) is 19.1 Å². The topological polar surface area (TPSA) is 58.1 Å². The van der Waals surface area contributed by atoms with Crippen LogP contribution in [-0.2, 0) is 24.4 Å². The Morgan fingerprint density at radius 3 is 2.26 bits per heavy atom. The van der Waals surface area contributed by atoms with E-state index in [1.165, 1.54) is 11.1 Å². The number of hydrogen-bond donors (Lipinski definition) is 2. The minimum Gasteiger partial charge on any atom is -0.493 e. The normalized spacial score (nSPS) is 15.2. The molecule has 0 bridgehead atoms. The first kappa shape index (κ1) is 23.1. The summed E-state index contributed by atoms with van der Waals surface area (Å²) in [6, 6.07) is 16.8. The van der Waals surface area contributed by atoms with Crippen LogP contribution < -0.4 is 15.4 Å². The van der Waals surface area contributed by atoms with E-state index in [0.717, 1.165) is 56.7 Å². The summed E-state index contributed by atoms with van der Waals surface area (Å²) in [5.41, 5.74) is 3.76. The van der Waals surface area contributed by atoms with Crippen LogP contribution in [-0.4, -0.2) is 50.8 Å². The van der Waals surface area contributed by atoms with Crippen LogP contribution in [0.25, 0.3) is 0 Å². The molecule has 0 spiro atoms. The molecule has 6 heteroatoms. The Labute approximate surface area is 186 Å². The van der Waals surface area contributed by atoms with Crippen LogP contribution in [0.1, 0.15) is 30.5 Å². The van der Waals surface area contributed by atoms with Crippen LogP contribution in [0.3, 0.4) is 0 Å². The molecule has 1 aliphatic rings. The summed E-state index contributed by atoms with van der Waals surface area (Å²) in [7, 11) is 1.80. The van der Waals surface area contributed by atoms with Gasteiger partial charge in [-0.1, -0.05) is 56.3 Å². The number of aliphatic imine (C=N–C) groups is 1. The van der Waals surface area contributed by atoms with Gasteiger partial charge in [-0.05, 0) is 23.1 Å². The minimum atomic E-state index is 0.493. The second kappa shape index (κ2) is 12.3. The maximum absolute atomic E-state index is 5.97. The highest BCUT2D eigenvalue weighted by Crippen LogP contribution is 2.18. The number of hydrogen-bond acceptors (Lipinski definition) is 4. The van der Waals surface area contributed by atoms with E-state index >= 15 is 0 Å². The van der Waals surface area contributed by atoms with Crippen LogP contribution >= 0.6 is 0 Å². The monoisotopic (exact) mass is 424 g/mol. The fourth-order valence-corrected chi connectivity index (χ4v) is 3.51. The molecule has 1 fully saturated rings. The Kier molecular flexibility index (Phi) is 9.18. The molecule has 2 N–H and O–H groups in total. The molecule has 1 aliphatic heterocycles. The molecule has 0 unspecified atom stereocenters. The number of benzene rings is 2. The van der Waals surface area contributed by atoms with Gasteiger partial charge in [-0.15, -0.1) is 0 Å². The molecule has 0 radical (unpaired) electrons.